The van der Waals surface area contributed by atoms with Gasteiger partial charge in [0.25, 0.3) is 0 Å². The quantitative estimate of drug-likeness (QED) is 0.677. The Morgan fingerprint density at radius 3 is 2.52 bits per heavy atom. The molecule has 6 nitrogen and oxygen atoms in total. The molecule has 1 atom stereocenters. The van der Waals surface area contributed by atoms with E-state index in [0.717, 1.165) is 18.2 Å². The summed E-state index contributed by atoms with van der Waals surface area (Å²) in [6, 6.07) is 2.05. The number of halogens is 1. The topological polar surface area (TPSA) is 101 Å². The smallest absolute Gasteiger partial charge is 0.243 e. The molecule has 1 unspecified atom stereocenters. The van der Waals surface area contributed by atoms with E-state index in [1.165, 1.54) is 6.92 Å². The molecule has 0 spiro atoms. The summed E-state index contributed by atoms with van der Waals surface area (Å²) in [7, 11) is -4.07. The molecule has 0 saturated carbocycles. The average Bonchev–Trinajstić information content (AvgIpc) is 2.37. The Labute approximate surface area is 124 Å². The number of anilines is 1. The normalized spacial score (nSPS) is 13.2. The van der Waals surface area contributed by atoms with Gasteiger partial charge in [-0.2, -0.15) is 4.72 Å². The highest BCUT2D eigenvalue weighted by atomic mass is 32.2. The van der Waals surface area contributed by atoms with E-state index in [9.17, 15) is 17.6 Å². The highest BCUT2D eigenvalue weighted by molar-refractivity contribution is 7.89. The van der Waals surface area contributed by atoms with Crippen molar-refractivity contribution in [3.63, 3.8) is 0 Å². The molecule has 0 aromatic heterocycles. The molecule has 1 aromatic rings. The summed E-state index contributed by atoms with van der Waals surface area (Å²) >= 11 is 0. The lowest BCUT2D eigenvalue weighted by Crippen LogP contribution is -2.45. The number of nitrogens with two attached hydrogens (primary N) is 1. The number of rotatable bonds is 6. The summed E-state index contributed by atoms with van der Waals surface area (Å²) in [6.45, 7) is 5.68. The van der Waals surface area contributed by atoms with Gasteiger partial charge in [0.05, 0.1) is 11.7 Å². The van der Waals surface area contributed by atoms with E-state index >= 15 is 0 Å². The maximum Gasteiger partial charge on any atom is 0.243 e. The van der Waals surface area contributed by atoms with Crippen LogP contribution in [-0.2, 0) is 14.8 Å². The number of hydrogen-bond donors (Lipinski definition) is 3. The fourth-order valence-corrected chi connectivity index (χ4v) is 2.89. The van der Waals surface area contributed by atoms with E-state index in [1.54, 1.807) is 0 Å². The standard InChI is InChI=1S/C13H20FN3O3S/c1-8(2)7-16-13(18)9(3)17-21(19,20)12-6-10(14)4-5-11(12)15/h4-6,8-9,17H,7,15H2,1-3H3,(H,16,18). The first-order chi connectivity index (χ1) is 9.63. The zero-order valence-corrected chi connectivity index (χ0v) is 13.0. The Morgan fingerprint density at radius 2 is 1.95 bits per heavy atom. The van der Waals surface area contributed by atoms with Crippen LogP contribution in [-0.4, -0.2) is 26.9 Å². The van der Waals surface area contributed by atoms with Gasteiger partial charge in [0.1, 0.15) is 10.7 Å². The van der Waals surface area contributed by atoms with Gasteiger partial charge in [0, 0.05) is 6.54 Å². The van der Waals surface area contributed by atoms with Crippen LogP contribution in [0.25, 0.3) is 0 Å². The zero-order chi connectivity index (χ0) is 16.2. The van der Waals surface area contributed by atoms with Crippen molar-refractivity contribution in [3.8, 4) is 0 Å². The first kappa shape index (κ1) is 17.4. The molecule has 21 heavy (non-hydrogen) atoms. The Bertz CT molecular complexity index is 617. The van der Waals surface area contributed by atoms with E-state index in [-0.39, 0.29) is 16.5 Å². The van der Waals surface area contributed by atoms with Crippen molar-refractivity contribution >= 4 is 21.6 Å². The lowest BCUT2D eigenvalue weighted by Gasteiger charge is -2.16. The number of benzene rings is 1. The van der Waals surface area contributed by atoms with Crippen LogP contribution in [0.5, 0.6) is 0 Å². The number of nitrogens with one attached hydrogen (secondary N) is 2. The minimum atomic E-state index is -4.07. The van der Waals surface area contributed by atoms with E-state index in [0.29, 0.717) is 6.54 Å². The molecule has 0 fully saturated rings. The molecular weight excluding hydrogens is 297 g/mol. The second-order valence-corrected chi connectivity index (χ2v) is 6.85. The lowest BCUT2D eigenvalue weighted by molar-refractivity contribution is -0.122. The largest absolute Gasteiger partial charge is 0.398 e. The molecule has 0 radical (unpaired) electrons. The van der Waals surface area contributed by atoms with Crippen LogP contribution in [0.3, 0.4) is 0 Å². The molecular formula is C13H20FN3O3S. The van der Waals surface area contributed by atoms with Crippen molar-refractivity contribution in [1.82, 2.24) is 10.0 Å². The Morgan fingerprint density at radius 1 is 1.33 bits per heavy atom. The third kappa shape index (κ3) is 4.98. The van der Waals surface area contributed by atoms with Gasteiger partial charge in [-0.15, -0.1) is 0 Å². The second-order valence-electron chi connectivity index (χ2n) is 5.16. The van der Waals surface area contributed by atoms with E-state index in [4.69, 9.17) is 5.73 Å². The summed E-state index contributed by atoms with van der Waals surface area (Å²) in [5, 5.41) is 2.61. The highest BCUT2D eigenvalue weighted by Crippen LogP contribution is 2.19. The number of carbonyl (C=O) groups excluding carboxylic acids is 1. The maximum absolute atomic E-state index is 13.2. The minimum Gasteiger partial charge on any atom is -0.398 e. The lowest BCUT2D eigenvalue weighted by atomic mass is 10.2. The number of amides is 1. The van der Waals surface area contributed by atoms with Crippen LogP contribution < -0.4 is 15.8 Å². The molecule has 1 amide bonds. The van der Waals surface area contributed by atoms with Crippen molar-refractivity contribution in [1.29, 1.82) is 0 Å². The van der Waals surface area contributed by atoms with E-state index in [1.807, 2.05) is 13.8 Å². The van der Waals surface area contributed by atoms with Gasteiger partial charge in [-0.25, -0.2) is 12.8 Å². The maximum atomic E-state index is 13.2. The average molecular weight is 317 g/mol. The van der Waals surface area contributed by atoms with Crippen LogP contribution in [0.15, 0.2) is 23.1 Å². The Balaban J connectivity index is 2.85. The van der Waals surface area contributed by atoms with Gasteiger partial charge in [0.15, 0.2) is 0 Å². The molecule has 4 N–H and O–H groups in total. The molecule has 0 aliphatic carbocycles. The second kappa shape index (κ2) is 6.86. The van der Waals surface area contributed by atoms with Crippen LogP contribution in [0, 0.1) is 11.7 Å². The number of nitrogen functional groups attached to an aromatic ring is 1. The van der Waals surface area contributed by atoms with E-state index < -0.39 is 27.8 Å². The summed E-state index contributed by atoms with van der Waals surface area (Å²) in [4.78, 5) is 11.4. The Hall–Kier alpha value is -1.67. The first-order valence-electron chi connectivity index (χ1n) is 6.48. The number of hydrogen-bond acceptors (Lipinski definition) is 4. The third-order valence-corrected chi connectivity index (χ3v) is 4.27. The van der Waals surface area contributed by atoms with E-state index in [2.05, 4.69) is 10.0 Å². The molecule has 1 aromatic carbocycles. The molecule has 118 valence electrons. The number of sulfonamides is 1. The van der Waals surface area contributed by atoms with Gasteiger partial charge in [-0.1, -0.05) is 13.8 Å². The summed E-state index contributed by atoms with van der Waals surface area (Å²) in [5.74, 6) is -0.930. The van der Waals surface area contributed by atoms with Crippen LogP contribution in [0.2, 0.25) is 0 Å². The minimum absolute atomic E-state index is 0.0845. The zero-order valence-electron chi connectivity index (χ0n) is 12.2. The predicted molar refractivity (Wildman–Crippen MR) is 78.4 cm³/mol. The summed E-state index contributed by atoms with van der Waals surface area (Å²) < 4.78 is 39.6. The molecule has 0 saturated heterocycles. The Kier molecular flexibility index (Phi) is 5.68. The van der Waals surface area contributed by atoms with Crippen molar-refractivity contribution in [2.24, 2.45) is 5.92 Å². The molecule has 1 rings (SSSR count). The fourth-order valence-electron chi connectivity index (χ4n) is 1.55. The van der Waals surface area contributed by atoms with Crippen LogP contribution in [0.1, 0.15) is 20.8 Å². The summed E-state index contributed by atoms with van der Waals surface area (Å²) in [6.07, 6.45) is 0. The van der Waals surface area contributed by atoms with Crippen molar-refractivity contribution < 1.29 is 17.6 Å². The molecule has 8 heteroatoms. The fraction of sp³-hybridized carbons (Fsp3) is 0.462. The molecule has 0 aliphatic heterocycles. The van der Waals surface area contributed by atoms with Gasteiger partial charge < -0.3 is 11.1 Å². The predicted octanol–water partition coefficient (Wildman–Crippen LogP) is 0.847. The molecule has 0 aliphatic rings. The SMILES string of the molecule is CC(C)CNC(=O)C(C)NS(=O)(=O)c1cc(F)ccc1N. The third-order valence-electron chi connectivity index (χ3n) is 2.67. The first-order valence-corrected chi connectivity index (χ1v) is 7.97. The van der Waals surface area contributed by atoms with Gasteiger partial charge in [-0.05, 0) is 31.0 Å². The highest BCUT2D eigenvalue weighted by Gasteiger charge is 2.24. The van der Waals surface area contributed by atoms with Crippen LogP contribution >= 0.6 is 0 Å². The van der Waals surface area contributed by atoms with Crippen LogP contribution in [0.4, 0.5) is 10.1 Å². The number of carbonyl (C=O) groups is 1. The van der Waals surface area contributed by atoms with Crippen molar-refractivity contribution in [2.75, 3.05) is 12.3 Å². The van der Waals surface area contributed by atoms with Gasteiger partial charge in [0.2, 0.25) is 15.9 Å². The monoisotopic (exact) mass is 317 g/mol. The molecule has 0 heterocycles. The van der Waals surface area contributed by atoms with Gasteiger partial charge >= 0.3 is 0 Å². The van der Waals surface area contributed by atoms with Gasteiger partial charge in [-0.3, -0.25) is 4.79 Å². The van der Waals surface area contributed by atoms with Crippen molar-refractivity contribution in [2.45, 2.75) is 31.7 Å². The van der Waals surface area contributed by atoms with Crippen molar-refractivity contribution in [3.05, 3.63) is 24.0 Å². The summed E-state index contributed by atoms with van der Waals surface area (Å²) in [5.41, 5.74) is 5.45. The molecule has 0 bridgehead atoms.